The van der Waals surface area contributed by atoms with Gasteiger partial charge in [0, 0.05) is 24.7 Å². The van der Waals surface area contributed by atoms with Gasteiger partial charge in [-0.15, -0.1) is 0 Å². The lowest BCUT2D eigenvalue weighted by Gasteiger charge is -2.21. The van der Waals surface area contributed by atoms with E-state index in [4.69, 9.17) is 17.3 Å². The number of nitrogens with zero attached hydrogens (tertiary/aromatic N) is 3. The third kappa shape index (κ3) is 6.67. The predicted octanol–water partition coefficient (Wildman–Crippen LogP) is 5.00. The van der Waals surface area contributed by atoms with Crippen LogP contribution in [-0.2, 0) is 11.3 Å². The number of fused-ring (bicyclic) bond motifs is 1. The van der Waals surface area contributed by atoms with E-state index in [1.54, 1.807) is 22.8 Å². The van der Waals surface area contributed by atoms with Crippen LogP contribution in [0.1, 0.15) is 51.4 Å². The standard InChI is InChI=1S/C14H20N2O.C11H11ClN2O.C2H6/c1-11(13-5-3-2-4-6-13)14(17)16-8-7-12(9-15)10-16;1-3-14-7(2)13-10-5-4-8(12)6-9(10)11(14)15;1-2/h2-6,11-12H,7-10,15H2,1H3;4-6H,3H2,1-2H3;1-2H3. The Labute approximate surface area is 207 Å². The molecule has 1 aromatic heterocycles. The molecule has 0 aliphatic carbocycles. The van der Waals surface area contributed by atoms with Crippen molar-refractivity contribution in [2.24, 2.45) is 11.7 Å². The highest BCUT2D eigenvalue weighted by molar-refractivity contribution is 6.31. The van der Waals surface area contributed by atoms with E-state index in [1.165, 1.54) is 0 Å². The Hall–Kier alpha value is -2.70. The monoisotopic (exact) mass is 484 g/mol. The second-order valence-electron chi connectivity index (χ2n) is 8.18. The lowest BCUT2D eigenvalue weighted by Crippen LogP contribution is -2.33. The molecule has 34 heavy (non-hydrogen) atoms. The van der Waals surface area contributed by atoms with E-state index in [-0.39, 0.29) is 17.4 Å². The van der Waals surface area contributed by atoms with Crippen molar-refractivity contribution in [3.8, 4) is 0 Å². The zero-order valence-corrected chi connectivity index (χ0v) is 21.7. The van der Waals surface area contributed by atoms with Gasteiger partial charge in [0.25, 0.3) is 5.56 Å². The molecule has 0 bridgehead atoms. The van der Waals surface area contributed by atoms with E-state index in [2.05, 4.69) is 4.98 Å². The Morgan fingerprint density at radius 1 is 1.21 bits per heavy atom. The van der Waals surface area contributed by atoms with Crippen LogP contribution in [-0.4, -0.2) is 40.0 Å². The smallest absolute Gasteiger partial charge is 0.261 e. The Balaban J connectivity index is 0.000000225. The second-order valence-corrected chi connectivity index (χ2v) is 8.61. The topological polar surface area (TPSA) is 81.2 Å². The first-order valence-corrected chi connectivity index (χ1v) is 12.4. The average Bonchev–Trinajstić information content (AvgIpc) is 3.36. The quantitative estimate of drug-likeness (QED) is 0.564. The number of hydrogen-bond acceptors (Lipinski definition) is 4. The normalized spacial score (nSPS) is 15.7. The van der Waals surface area contributed by atoms with Crippen LogP contribution in [0.4, 0.5) is 0 Å². The molecule has 184 valence electrons. The first-order valence-electron chi connectivity index (χ1n) is 12.1. The minimum atomic E-state index is -0.0484. The predicted molar refractivity (Wildman–Crippen MR) is 141 cm³/mol. The molecule has 1 aliphatic rings. The van der Waals surface area contributed by atoms with Crippen LogP contribution < -0.4 is 11.3 Å². The number of hydrogen-bond donors (Lipinski definition) is 1. The van der Waals surface area contributed by atoms with Crippen molar-refractivity contribution >= 4 is 28.4 Å². The number of halogens is 1. The highest BCUT2D eigenvalue weighted by atomic mass is 35.5. The second kappa shape index (κ2) is 13.3. The molecule has 2 atom stereocenters. The van der Waals surface area contributed by atoms with Crippen LogP contribution in [0.3, 0.4) is 0 Å². The fourth-order valence-corrected chi connectivity index (χ4v) is 4.23. The number of aryl methyl sites for hydroxylation is 1. The summed E-state index contributed by atoms with van der Waals surface area (Å²) < 4.78 is 1.64. The molecule has 2 N–H and O–H groups in total. The fourth-order valence-electron chi connectivity index (χ4n) is 4.06. The fraction of sp³-hybridized carbons (Fsp3) is 0.444. The summed E-state index contributed by atoms with van der Waals surface area (Å²) in [6.45, 7) is 12.7. The lowest BCUT2D eigenvalue weighted by molar-refractivity contribution is -0.131. The first-order chi connectivity index (χ1) is 16.3. The summed E-state index contributed by atoms with van der Waals surface area (Å²) in [6.07, 6.45) is 1.05. The van der Waals surface area contributed by atoms with Crippen LogP contribution in [0.25, 0.3) is 10.9 Å². The van der Waals surface area contributed by atoms with E-state index in [1.807, 2.05) is 69.9 Å². The third-order valence-corrected chi connectivity index (χ3v) is 6.26. The number of amides is 1. The van der Waals surface area contributed by atoms with E-state index < -0.39 is 0 Å². The number of nitrogens with two attached hydrogens (primary N) is 1. The van der Waals surface area contributed by atoms with Gasteiger partial charge in [0.2, 0.25) is 5.91 Å². The van der Waals surface area contributed by atoms with E-state index in [0.29, 0.717) is 34.9 Å². The average molecular weight is 485 g/mol. The molecule has 6 nitrogen and oxygen atoms in total. The third-order valence-electron chi connectivity index (χ3n) is 6.02. The Morgan fingerprint density at radius 3 is 2.47 bits per heavy atom. The van der Waals surface area contributed by atoms with Gasteiger partial charge in [0.15, 0.2) is 0 Å². The highest BCUT2D eigenvalue weighted by Crippen LogP contribution is 2.22. The van der Waals surface area contributed by atoms with Gasteiger partial charge >= 0.3 is 0 Å². The number of carbonyl (C=O) groups is 1. The maximum absolute atomic E-state index is 12.3. The SMILES string of the molecule is CC.CC(C(=O)N1CCC(CN)C1)c1ccccc1.CCn1c(C)nc2ccc(Cl)cc2c1=O. The molecule has 0 radical (unpaired) electrons. The summed E-state index contributed by atoms with van der Waals surface area (Å²) in [7, 11) is 0. The zero-order chi connectivity index (χ0) is 25.3. The number of rotatable bonds is 4. The lowest BCUT2D eigenvalue weighted by atomic mass is 10.00. The Morgan fingerprint density at radius 2 is 1.88 bits per heavy atom. The van der Waals surface area contributed by atoms with Gasteiger partial charge in [-0.3, -0.25) is 14.2 Å². The molecular formula is C27H37ClN4O2. The van der Waals surface area contributed by atoms with Gasteiger partial charge < -0.3 is 10.6 Å². The van der Waals surface area contributed by atoms with Crippen molar-refractivity contribution in [3.05, 3.63) is 75.3 Å². The summed E-state index contributed by atoms with van der Waals surface area (Å²) in [6, 6.07) is 15.1. The minimum Gasteiger partial charge on any atom is -0.342 e. The number of carbonyl (C=O) groups excluding carboxylic acids is 1. The number of benzene rings is 2. The van der Waals surface area contributed by atoms with Gasteiger partial charge in [-0.25, -0.2) is 4.98 Å². The van der Waals surface area contributed by atoms with E-state index in [9.17, 15) is 9.59 Å². The van der Waals surface area contributed by atoms with Crippen LogP contribution >= 0.6 is 11.6 Å². The van der Waals surface area contributed by atoms with Gasteiger partial charge in [0.05, 0.1) is 16.8 Å². The molecule has 1 amide bonds. The molecule has 0 spiro atoms. The largest absolute Gasteiger partial charge is 0.342 e. The molecule has 1 aliphatic heterocycles. The van der Waals surface area contributed by atoms with E-state index >= 15 is 0 Å². The molecule has 1 saturated heterocycles. The van der Waals surface area contributed by atoms with Crippen molar-refractivity contribution in [3.63, 3.8) is 0 Å². The van der Waals surface area contributed by atoms with Crippen molar-refractivity contribution < 1.29 is 4.79 Å². The number of aromatic nitrogens is 2. The van der Waals surface area contributed by atoms with Crippen LogP contribution in [0.5, 0.6) is 0 Å². The molecule has 0 saturated carbocycles. The molecule has 7 heteroatoms. The summed E-state index contributed by atoms with van der Waals surface area (Å²) in [4.78, 5) is 30.6. The van der Waals surface area contributed by atoms with Gasteiger partial charge in [-0.05, 0) is 63.4 Å². The van der Waals surface area contributed by atoms with Crippen molar-refractivity contribution in [2.75, 3.05) is 19.6 Å². The van der Waals surface area contributed by atoms with Crippen LogP contribution in [0.2, 0.25) is 5.02 Å². The van der Waals surface area contributed by atoms with Gasteiger partial charge in [-0.2, -0.15) is 0 Å². The van der Waals surface area contributed by atoms with Gasteiger partial charge in [0.1, 0.15) is 5.82 Å². The van der Waals surface area contributed by atoms with Gasteiger partial charge in [-0.1, -0.05) is 55.8 Å². The number of likely N-dealkylation sites (tertiary alicyclic amines) is 1. The van der Waals surface area contributed by atoms with Crippen molar-refractivity contribution in [1.29, 1.82) is 0 Å². The van der Waals surface area contributed by atoms with Crippen LogP contribution in [0, 0.1) is 12.8 Å². The molecule has 1 fully saturated rings. The molecule has 4 rings (SSSR count). The summed E-state index contributed by atoms with van der Waals surface area (Å²) in [5.74, 6) is 1.40. The van der Waals surface area contributed by atoms with Crippen LogP contribution in [0.15, 0.2) is 53.3 Å². The molecule has 3 aromatic rings. The summed E-state index contributed by atoms with van der Waals surface area (Å²) >= 11 is 5.85. The Kier molecular flexibility index (Phi) is 10.7. The highest BCUT2D eigenvalue weighted by Gasteiger charge is 2.28. The van der Waals surface area contributed by atoms with Crippen molar-refractivity contribution in [2.45, 2.75) is 53.5 Å². The first kappa shape index (κ1) is 27.5. The molecule has 2 heterocycles. The molecule has 2 aromatic carbocycles. The molecular weight excluding hydrogens is 448 g/mol. The zero-order valence-electron chi connectivity index (χ0n) is 20.9. The van der Waals surface area contributed by atoms with E-state index in [0.717, 1.165) is 30.9 Å². The summed E-state index contributed by atoms with van der Waals surface area (Å²) in [5, 5.41) is 1.14. The Bertz CT molecular complexity index is 1130. The maximum Gasteiger partial charge on any atom is 0.261 e. The molecule has 2 unspecified atom stereocenters. The van der Waals surface area contributed by atoms with Crippen molar-refractivity contribution in [1.82, 2.24) is 14.5 Å². The minimum absolute atomic E-state index is 0.0255. The summed E-state index contributed by atoms with van der Waals surface area (Å²) in [5.41, 5.74) is 7.41. The maximum atomic E-state index is 12.3.